The van der Waals surface area contributed by atoms with Crippen LogP contribution in [0.25, 0.3) is 0 Å². The normalized spacial score (nSPS) is 10.1. The van der Waals surface area contributed by atoms with E-state index in [0.717, 1.165) is 5.69 Å². The molecule has 20 heavy (non-hydrogen) atoms. The molecule has 0 atom stereocenters. The summed E-state index contributed by atoms with van der Waals surface area (Å²) < 4.78 is 0. The van der Waals surface area contributed by atoms with Gasteiger partial charge in [0.05, 0.1) is 6.20 Å². The van der Waals surface area contributed by atoms with E-state index in [1.807, 2.05) is 30.3 Å². The van der Waals surface area contributed by atoms with Crippen LogP contribution >= 0.6 is 0 Å². The lowest BCUT2D eigenvalue weighted by Crippen LogP contribution is -2.18. The van der Waals surface area contributed by atoms with Gasteiger partial charge in [0.2, 0.25) is 0 Å². The van der Waals surface area contributed by atoms with E-state index in [4.69, 9.17) is 11.5 Å². The third-order valence-electron chi connectivity index (χ3n) is 2.49. The molecule has 104 valence electrons. The fourth-order valence-corrected chi connectivity index (χ4v) is 1.60. The third kappa shape index (κ3) is 3.42. The Hall–Kier alpha value is -2.67. The zero-order valence-corrected chi connectivity index (χ0v) is 10.8. The van der Waals surface area contributed by atoms with Crippen molar-refractivity contribution in [2.45, 2.75) is 0 Å². The molecule has 0 unspecified atom stereocenters. The number of hydrogen-bond donors (Lipinski definition) is 4. The highest BCUT2D eigenvalue weighted by Crippen LogP contribution is 2.18. The van der Waals surface area contributed by atoms with Crippen molar-refractivity contribution in [1.29, 1.82) is 0 Å². The number of hydrogen-bond acceptors (Lipinski definition) is 6. The number of para-hydroxylation sites is 1. The van der Waals surface area contributed by atoms with Crippen LogP contribution in [-0.2, 0) is 0 Å². The number of nitrogens with zero attached hydrogens (tertiary/aromatic N) is 2. The van der Waals surface area contributed by atoms with E-state index in [2.05, 4.69) is 20.6 Å². The lowest BCUT2D eigenvalue weighted by molar-refractivity contribution is 0.0996. The maximum atomic E-state index is 11.4. The number of carbonyl (C=O) groups is 1. The summed E-state index contributed by atoms with van der Waals surface area (Å²) in [6.45, 7) is 1.04. The minimum atomic E-state index is -0.638. The van der Waals surface area contributed by atoms with E-state index in [1.165, 1.54) is 6.20 Å². The van der Waals surface area contributed by atoms with Crippen molar-refractivity contribution < 1.29 is 4.79 Å². The molecule has 0 aliphatic heterocycles. The number of benzene rings is 1. The van der Waals surface area contributed by atoms with Crippen molar-refractivity contribution in [2.24, 2.45) is 11.5 Å². The number of nitrogens with one attached hydrogen (secondary N) is 2. The summed E-state index contributed by atoms with van der Waals surface area (Å²) in [7, 11) is 0. The van der Waals surface area contributed by atoms with Gasteiger partial charge < -0.3 is 22.1 Å². The van der Waals surface area contributed by atoms with Crippen LogP contribution in [-0.4, -0.2) is 29.0 Å². The van der Waals surface area contributed by atoms with Gasteiger partial charge in [-0.3, -0.25) is 4.79 Å². The highest BCUT2D eigenvalue weighted by Gasteiger charge is 2.12. The van der Waals surface area contributed by atoms with Gasteiger partial charge in [-0.25, -0.2) is 9.97 Å². The number of anilines is 3. The molecule has 2 rings (SSSR count). The highest BCUT2D eigenvalue weighted by molar-refractivity contribution is 5.96. The standard InChI is InChI=1S/C13H16N6O/c14-6-7-16-10-8-17-11(12(15)20)13(19-10)18-9-4-2-1-3-5-9/h1-5,8H,6-7,14H2,(H2,15,20)(H2,16,18,19). The summed E-state index contributed by atoms with van der Waals surface area (Å²) in [5, 5.41) is 6.02. The summed E-state index contributed by atoms with van der Waals surface area (Å²) in [6.07, 6.45) is 1.45. The molecule has 0 spiro atoms. The van der Waals surface area contributed by atoms with Crippen molar-refractivity contribution in [3.05, 3.63) is 42.2 Å². The number of carbonyl (C=O) groups excluding carboxylic acids is 1. The lowest BCUT2D eigenvalue weighted by Gasteiger charge is -2.11. The van der Waals surface area contributed by atoms with E-state index in [9.17, 15) is 4.79 Å². The Kier molecular flexibility index (Phi) is 4.46. The van der Waals surface area contributed by atoms with Gasteiger partial charge in [0.15, 0.2) is 11.5 Å². The highest BCUT2D eigenvalue weighted by atomic mass is 16.1. The van der Waals surface area contributed by atoms with E-state index in [0.29, 0.717) is 24.7 Å². The molecule has 1 heterocycles. The summed E-state index contributed by atoms with van der Waals surface area (Å²) in [6, 6.07) is 9.34. The Labute approximate surface area is 116 Å². The number of nitrogens with two attached hydrogens (primary N) is 2. The molecular formula is C13H16N6O. The molecule has 0 radical (unpaired) electrons. The Bertz CT molecular complexity index is 587. The average Bonchev–Trinajstić information content (AvgIpc) is 2.46. The predicted octanol–water partition coefficient (Wildman–Crippen LogP) is 0.690. The van der Waals surface area contributed by atoms with Gasteiger partial charge in [-0.1, -0.05) is 18.2 Å². The first kappa shape index (κ1) is 13.8. The van der Waals surface area contributed by atoms with Crippen molar-refractivity contribution in [3.8, 4) is 0 Å². The molecule has 0 aliphatic carbocycles. The fourth-order valence-electron chi connectivity index (χ4n) is 1.60. The molecule has 1 aromatic heterocycles. The Morgan fingerprint density at radius 3 is 2.65 bits per heavy atom. The molecule has 0 saturated heterocycles. The van der Waals surface area contributed by atoms with Crippen LogP contribution in [0.2, 0.25) is 0 Å². The van der Waals surface area contributed by atoms with Crippen LogP contribution in [0, 0.1) is 0 Å². The van der Waals surface area contributed by atoms with Crippen molar-refractivity contribution >= 4 is 23.2 Å². The molecule has 0 aliphatic rings. The van der Waals surface area contributed by atoms with Crippen molar-refractivity contribution in [3.63, 3.8) is 0 Å². The Morgan fingerprint density at radius 1 is 1.25 bits per heavy atom. The second-order valence-corrected chi connectivity index (χ2v) is 4.02. The first-order valence-corrected chi connectivity index (χ1v) is 6.13. The van der Waals surface area contributed by atoms with Gasteiger partial charge in [0.25, 0.3) is 5.91 Å². The zero-order valence-electron chi connectivity index (χ0n) is 10.8. The topological polar surface area (TPSA) is 119 Å². The Morgan fingerprint density at radius 2 is 2.00 bits per heavy atom. The minimum absolute atomic E-state index is 0.0900. The second-order valence-electron chi connectivity index (χ2n) is 4.02. The molecule has 6 N–H and O–H groups in total. The van der Waals surface area contributed by atoms with Gasteiger partial charge >= 0.3 is 0 Å². The monoisotopic (exact) mass is 272 g/mol. The van der Waals surface area contributed by atoms with Gasteiger partial charge in [0.1, 0.15) is 5.82 Å². The second kappa shape index (κ2) is 6.48. The van der Waals surface area contributed by atoms with Crippen molar-refractivity contribution in [1.82, 2.24) is 9.97 Å². The zero-order chi connectivity index (χ0) is 14.4. The van der Waals surface area contributed by atoms with Gasteiger partial charge in [-0.2, -0.15) is 0 Å². The first-order chi connectivity index (χ1) is 9.70. The SMILES string of the molecule is NCCNc1cnc(C(N)=O)c(Nc2ccccc2)n1. The molecule has 0 bridgehead atoms. The van der Waals surface area contributed by atoms with Crippen LogP contribution in [0.1, 0.15) is 10.5 Å². The molecule has 1 aromatic carbocycles. The molecule has 2 aromatic rings. The van der Waals surface area contributed by atoms with Crippen LogP contribution in [0.4, 0.5) is 17.3 Å². The van der Waals surface area contributed by atoms with Gasteiger partial charge in [0, 0.05) is 18.8 Å². The van der Waals surface area contributed by atoms with Gasteiger partial charge in [-0.15, -0.1) is 0 Å². The summed E-state index contributed by atoms with van der Waals surface area (Å²) in [5.41, 5.74) is 11.6. The molecular weight excluding hydrogens is 256 g/mol. The largest absolute Gasteiger partial charge is 0.367 e. The molecule has 7 nitrogen and oxygen atoms in total. The number of primary amides is 1. The Balaban J connectivity index is 2.29. The number of rotatable bonds is 6. The van der Waals surface area contributed by atoms with E-state index >= 15 is 0 Å². The van der Waals surface area contributed by atoms with E-state index in [1.54, 1.807) is 0 Å². The summed E-state index contributed by atoms with van der Waals surface area (Å²) in [4.78, 5) is 19.7. The first-order valence-electron chi connectivity index (χ1n) is 6.13. The van der Waals surface area contributed by atoms with E-state index < -0.39 is 5.91 Å². The van der Waals surface area contributed by atoms with Crippen LogP contribution in [0.3, 0.4) is 0 Å². The maximum absolute atomic E-state index is 11.4. The van der Waals surface area contributed by atoms with E-state index in [-0.39, 0.29) is 5.69 Å². The smallest absolute Gasteiger partial charge is 0.271 e. The molecule has 7 heteroatoms. The summed E-state index contributed by atoms with van der Waals surface area (Å²) in [5.74, 6) is 0.200. The number of aromatic nitrogens is 2. The third-order valence-corrected chi connectivity index (χ3v) is 2.49. The van der Waals surface area contributed by atoms with Crippen LogP contribution in [0.5, 0.6) is 0 Å². The summed E-state index contributed by atoms with van der Waals surface area (Å²) >= 11 is 0. The lowest BCUT2D eigenvalue weighted by atomic mass is 10.3. The van der Waals surface area contributed by atoms with Gasteiger partial charge in [-0.05, 0) is 12.1 Å². The maximum Gasteiger partial charge on any atom is 0.271 e. The van der Waals surface area contributed by atoms with Crippen LogP contribution in [0.15, 0.2) is 36.5 Å². The number of amides is 1. The molecule has 0 saturated carbocycles. The minimum Gasteiger partial charge on any atom is -0.367 e. The van der Waals surface area contributed by atoms with Crippen molar-refractivity contribution in [2.75, 3.05) is 23.7 Å². The predicted molar refractivity (Wildman–Crippen MR) is 77.8 cm³/mol. The van der Waals surface area contributed by atoms with Crippen LogP contribution < -0.4 is 22.1 Å². The molecule has 0 fully saturated rings. The average molecular weight is 272 g/mol. The quantitative estimate of drug-likeness (QED) is 0.614. The molecule has 1 amide bonds. The fraction of sp³-hybridized carbons (Fsp3) is 0.154.